The number of hydrogen-bond donors (Lipinski definition) is 2. The highest BCUT2D eigenvalue weighted by atomic mass is 16.6. The summed E-state index contributed by atoms with van der Waals surface area (Å²) in [6.45, 7) is 2.54. The third-order valence-electron chi connectivity index (χ3n) is 3.52. The summed E-state index contributed by atoms with van der Waals surface area (Å²) in [5.41, 5.74) is 0.683. The molecule has 1 aromatic carbocycles. The number of benzene rings is 1. The van der Waals surface area contributed by atoms with Crippen LogP contribution in [0.2, 0.25) is 0 Å². The highest BCUT2D eigenvalue weighted by molar-refractivity contribution is 6.00. The van der Waals surface area contributed by atoms with Crippen molar-refractivity contribution in [2.45, 2.75) is 25.4 Å². The van der Waals surface area contributed by atoms with E-state index in [1.807, 2.05) is 12.2 Å². The van der Waals surface area contributed by atoms with Gasteiger partial charge in [0.1, 0.15) is 6.04 Å². The normalized spacial score (nSPS) is 20.1. The number of carbonyl (C=O) groups is 2. The maximum Gasteiger partial charge on any atom is 0.322 e. The molecule has 0 radical (unpaired) electrons. The summed E-state index contributed by atoms with van der Waals surface area (Å²) in [5, 5.41) is 15.3. The predicted molar refractivity (Wildman–Crippen MR) is 89.1 cm³/mol. The second-order valence-electron chi connectivity index (χ2n) is 5.34. The highest BCUT2D eigenvalue weighted by Crippen LogP contribution is 2.28. The molecule has 0 spiro atoms. The molecular formula is C16H19N3O6. The fraction of sp³-hybridized carbons (Fsp3) is 0.375. The third kappa shape index (κ3) is 4.46. The van der Waals surface area contributed by atoms with Gasteiger partial charge in [-0.25, -0.2) is 4.79 Å². The summed E-state index contributed by atoms with van der Waals surface area (Å²) < 4.78 is 10.8. The molecule has 0 saturated carbocycles. The van der Waals surface area contributed by atoms with Crippen LogP contribution in [0.1, 0.15) is 18.9 Å². The molecule has 1 heterocycles. The molecule has 1 fully saturated rings. The van der Waals surface area contributed by atoms with Gasteiger partial charge in [-0.3, -0.25) is 20.2 Å². The van der Waals surface area contributed by atoms with Crippen LogP contribution in [0.25, 0.3) is 6.08 Å². The van der Waals surface area contributed by atoms with Crippen LogP contribution in [0.5, 0.6) is 11.5 Å². The van der Waals surface area contributed by atoms with Crippen LogP contribution in [-0.4, -0.2) is 42.7 Å². The van der Waals surface area contributed by atoms with Crippen molar-refractivity contribution in [2.24, 2.45) is 0 Å². The van der Waals surface area contributed by atoms with Crippen molar-refractivity contribution >= 4 is 18.0 Å². The lowest BCUT2D eigenvalue weighted by Crippen LogP contribution is -2.62. The summed E-state index contributed by atoms with van der Waals surface area (Å²) in [7, 11) is 1.51. The SMILES string of the molecule is CCCOc1ccc(/C=C/[C@@H]2NC(=O)NC(=O)[C@H]2[N+](=O)[O-])cc1OC. The van der Waals surface area contributed by atoms with Gasteiger partial charge in [0.2, 0.25) is 0 Å². The number of nitro groups is 1. The van der Waals surface area contributed by atoms with Crippen molar-refractivity contribution in [2.75, 3.05) is 13.7 Å². The molecule has 2 N–H and O–H groups in total. The Bertz CT molecular complexity index is 703. The maximum atomic E-state index is 11.6. The zero-order valence-electron chi connectivity index (χ0n) is 13.9. The van der Waals surface area contributed by atoms with Gasteiger partial charge in [-0.15, -0.1) is 0 Å². The third-order valence-corrected chi connectivity index (χ3v) is 3.52. The molecule has 134 valence electrons. The second-order valence-corrected chi connectivity index (χ2v) is 5.34. The number of hydrogen-bond acceptors (Lipinski definition) is 6. The lowest BCUT2D eigenvalue weighted by atomic mass is 10.0. The van der Waals surface area contributed by atoms with Crippen LogP contribution in [0.4, 0.5) is 4.79 Å². The number of imide groups is 1. The van der Waals surface area contributed by atoms with Crippen LogP contribution >= 0.6 is 0 Å². The average Bonchev–Trinajstić information content (AvgIpc) is 2.57. The van der Waals surface area contributed by atoms with Crippen LogP contribution in [0.15, 0.2) is 24.3 Å². The number of nitrogens with one attached hydrogen (secondary N) is 2. The molecule has 1 aliphatic rings. The minimum atomic E-state index is -1.58. The second kappa shape index (κ2) is 8.13. The van der Waals surface area contributed by atoms with E-state index in [1.165, 1.54) is 13.2 Å². The molecule has 1 saturated heterocycles. The van der Waals surface area contributed by atoms with E-state index in [9.17, 15) is 19.7 Å². The Labute approximate surface area is 144 Å². The Morgan fingerprint density at radius 3 is 2.72 bits per heavy atom. The first-order chi connectivity index (χ1) is 12.0. The maximum absolute atomic E-state index is 11.6. The number of ether oxygens (including phenoxy) is 2. The number of rotatable bonds is 7. The molecule has 0 aromatic heterocycles. The molecular weight excluding hydrogens is 330 g/mol. The van der Waals surface area contributed by atoms with E-state index < -0.39 is 28.9 Å². The van der Waals surface area contributed by atoms with E-state index in [4.69, 9.17) is 9.47 Å². The molecule has 1 aromatic rings. The van der Waals surface area contributed by atoms with Gasteiger partial charge in [-0.1, -0.05) is 25.1 Å². The Morgan fingerprint density at radius 1 is 1.32 bits per heavy atom. The summed E-state index contributed by atoms with van der Waals surface area (Å²) in [6.07, 6.45) is 3.84. The minimum absolute atomic E-state index is 0.520. The van der Waals surface area contributed by atoms with Gasteiger partial charge < -0.3 is 14.8 Å². The van der Waals surface area contributed by atoms with Gasteiger partial charge in [0.25, 0.3) is 0 Å². The van der Waals surface area contributed by atoms with E-state index in [0.717, 1.165) is 6.42 Å². The lowest BCUT2D eigenvalue weighted by Gasteiger charge is -2.23. The van der Waals surface area contributed by atoms with Crippen LogP contribution in [0.3, 0.4) is 0 Å². The number of urea groups is 1. The van der Waals surface area contributed by atoms with Crippen molar-refractivity contribution in [1.82, 2.24) is 10.6 Å². The van der Waals surface area contributed by atoms with E-state index in [2.05, 4.69) is 5.32 Å². The van der Waals surface area contributed by atoms with Crippen LogP contribution in [0, 0.1) is 10.1 Å². The molecule has 2 atom stereocenters. The lowest BCUT2D eigenvalue weighted by molar-refractivity contribution is -0.510. The Hall–Kier alpha value is -3.10. The summed E-state index contributed by atoms with van der Waals surface area (Å²) in [6, 6.07) is 1.79. The number of carbonyl (C=O) groups excluding carboxylic acids is 2. The van der Waals surface area contributed by atoms with E-state index in [-0.39, 0.29) is 0 Å². The van der Waals surface area contributed by atoms with Gasteiger partial charge in [0.15, 0.2) is 11.5 Å². The van der Waals surface area contributed by atoms with Gasteiger partial charge in [-0.2, -0.15) is 0 Å². The molecule has 1 aliphatic heterocycles. The molecule has 0 bridgehead atoms. The first kappa shape index (κ1) is 18.2. The molecule has 0 unspecified atom stereocenters. The first-order valence-corrected chi connectivity index (χ1v) is 7.70. The fourth-order valence-corrected chi connectivity index (χ4v) is 2.33. The van der Waals surface area contributed by atoms with E-state index >= 15 is 0 Å². The van der Waals surface area contributed by atoms with Crippen molar-refractivity contribution < 1.29 is 24.0 Å². The number of nitrogens with zero attached hydrogens (tertiary/aromatic N) is 1. The largest absolute Gasteiger partial charge is 0.493 e. The van der Waals surface area contributed by atoms with Crippen molar-refractivity contribution in [1.29, 1.82) is 0 Å². The zero-order chi connectivity index (χ0) is 18.4. The van der Waals surface area contributed by atoms with Gasteiger partial charge in [0, 0.05) is 4.92 Å². The molecule has 9 heteroatoms. The minimum Gasteiger partial charge on any atom is -0.493 e. The van der Waals surface area contributed by atoms with E-state index in [1.54, 1.807) is 24.3 Å². The standard InChI is InChI=1S/C16H19N3O6/c1-3-8-25-12-7-5-10(9-13(12)24-2)4-6-11-14(19(22)23)15(20)18-16(21)17-11/h4-7,9,11,14H,3,8H2,1-2H3,(H2,17,18,20,21)/b6-4+/t11-,14-/m0/s1. The number of methoxy groups -OCH3 is 1. The van der Waals surface area contributed by atoms with Gasteiger partial charge in [0.05, 0.1) is 13.7 Å². The number of amides is 3. The summed E-state index contributed by atoms with van der Waals surface area (Å²) in [5.74, 6) is 0.172. The predicted octanol–water partition coefficient (Wildman–Crippen LogP) is 1.35. The van der Waals surface area contributed by atoms with Gasteiger partial charge >= 0.3 is 18.0 Å². The van der Waals surface area contributed by atoms with Crippen molar-refractivity contribution in [3.63, 3.8) is 0 Å². The average molecular weight is 349 g/mol. The van der Waals surface area contributed by atoms with E-state index in [0.29, 0.717) is 23.7 Å². The molecule has 3 amide bonds. The monoisotopic (exact) mass is 349 g/mol. The fourth-order valence-electron chi connectivity index (χ4n) is 2.33. The van der Waals surface area contributed by atoms with Crippen molar-refractivity contribution in [3.05, 3.63) is 40.0 Å². The Morgan fingerprint density at radius 2 is 2.08 bits per heavy atom. The quantitative estimate of drug-likeness (QED) is 0.566. The smallest absolute Gasteiger partial charge is 0.322 e. The summed E-state index contributed by atoms with van der Waals surface area (Å²) in [4.78, 5) is 33.3. The molecule has 9 nitrogen and oxygen atoms in total. The molecule has 0 aliphatic carbocycles. The highest BCUT2D eigenvalue weighted by Gasteiger charge is 2.43. The topological polar surface area (TPSA) is 120 Å². The molecule has 25 heavy (non-hydrogen) atoms. The van der Waals surface area contributed by atoms with Crippen LogP contribution in [-0.2, 0) is 4.79 Å². The first-order valence-electron chi connectivity index (χ1n) is 7.70. The van der Waals surface area contributed by atoms with Gasteiger partial charge in [-0.05, 0) is 24.1 Å². The Kier molecular flexibility index (Phi) is 5.93. The zero-order valence-corrected chi connectivity index (χ0v) is 13.9. The summed E-state index contributed by atoms with van der Waals surface area (Å²) >= 11 is 0. The molecule has 2 rings (SSSR count). The van der Waals surface area contributed by atoms with Crippen LogP contribution < -0.4 is 20.1 Å². The van der Waals surface area contributed by atoms with Crippen molar-refractivity contribution in [3.8, 4) is 11.5 Å². The Balaban J connectivity index is 2.20.